The molecule has 114 valence electrons. The number of nitrogens with zero attached hydrogens (tertiary/aromatic N) is 1. The Morgan fingerprint density at radius 1 is 1.14 bits per heavy atom. The van der Waals surface area contributed by atoms with Crippen LogP contribution in [0.1, 0.15) is 36.5 Å². The number of hydrogen-bond acceptors (Lipinski definition) is 3. The molecule has 0 saturated carbocycles. The van der Waals surface area contributed by atoms with Gasteiger partial charge in [-0.2, -0.15) is 0 Å². The van der Waals surface area contributed by atoms with Crippen LogP contribution in [0.3, 0.4) is 0 Å². The molecule has 5 nitrogen and oxygen atoms in total. The number of piperidine rings is 1. The van der Waals surface area contributed by atoms with Crippen molar-refractivity contribution in [2.45, 2.75) is 26.2 Å². The molecular weight excluding hydrogens is 268 g/mol. The summed E-state index contributed by atoms with van der Waals surface area (Å²) in [6, 6.07) is 6.91. The molecular formula is C16H22N2O3. The second-order valence-electron chi connectivity index (χ2n) is 5.08. The number of hydrogen-bond donors (Lipinski definition) is 1. The van der Waals surface area contributed by atoms with E-state index in [4.69, 9.17) is 4.74 Å². The lowest BCUT2D eigenvalue weighted by molar-refractivity contribution is -0.130. The van der Waals surface area contributed by atoms with E-state index in [1.165, 1.54) is 6.42 Å². The van der Waals surface area contributed by atoms with Crippen molar-refractivity contribution in [1.82, 2.24) is 10.2 Å². The molecule has 1 aromatic rings. The molecule has 1 saturated heterocycles. The minimum Gasteiger partial charge on any atom is -0.494 e. The molecule has 1 aliphatic rings. The van der Waals surface area contributed by atoms with Crippen LogP contribution in [0.4, 0.5) is 0 Å². The summed E-state index contributed by atoms with van der Waals surface area (Å²) >= 11 is 0. The van der Waals surface area contributed by atoms with Gasteiger partial charge in [0.2, 0.25) is 5.91 Å². The van der Waals surface area contributed by atoms with Crippen molar-refractivity contribution < 1.29 is 14.3 Å². The van der Waals surface area contributed by atoms with Gasteiger partial charge in [-0.15, -0.1) is 0 Å². The first kappa shape index (κ1) is 15.4. The minimum absolute atomic E-state index is 0.00557. The fourth-order valence-corrected chi connectivity index (χ4v) is 2.38. The van der Waals surface area contributed by atoms with E-state index in [0.717, 1.165) is 31.7 Å². The zero-order valence-corrected chi connectivity index (χ0v) is 12.4. The van der Waals surface area contributed by atoms with Crippen LogP contribution < -0.4 is 10.1 Å². The summed E-state index contributed by atoms with van der Waals surface area (Å²) in [5, 5.41) is 2.68. The Hall–Kier alpha value is -2.04. The highest BCUT2D eigenvalue weighted by molar-refractivity contribution is 5.96. The van der Waals surface area contributed by atoms with Crippen LogP contribution >= 0.6 is 0 Å². The van der Waals surface area contributed by atoms with Gasteiger partial charge in [-0.3, -0.25) is 9.59 Å². The van der Waals surface area contributed by atoms with Crippen LogP contribution in [0, 0.1) is 0 Å². The zero-order chi connectivity index (χ0) is 15.1. The predicted molar refractivity (Wildman–Crippen MR) is 80.4 cm³/mol. The highest BCUT2D eigenvalue weighted by atomic mass is 16.5. The first-order valence-electron chi connectivity index (χ1n) is 7.49. The predicted octanol–water partition coefficient (Wildman–Crippen LogP) is 1.83. The van der Waals surface area contributed by atoms with Crippen molar-refractivity contribution in [3.8, 4) is 5.75 Å². The zero-order valence-electron chi connectivity index (χ0n) is 12.4. The Morgan fingerprint density at radius 2 is 1.81 bits per heavy atom. The second kappa shape index (κ2) is 7.67. The molecule has 0 spiro atoms. The van der Waals surface area contributed by atoms with Gasteiger partial charge in [-0.05, 0) is 50.5 Å². The third-order valence-electron chi connectivity index (χ3n) is 3.54. The van der Waals surface area contributed by atoms with Crippen molar-refractivity contribution >= 4 is 11.8 Å². The molecule has 2 rings (SSSR count). The molecule has 0 atom stereocenters. The Morgan fingerprint density at radius 3 is 2.43 bits per heavy atom. The molecule has 1 heterocycles. The number of benzene rings is 1. The molecule has 2 amide bonds. The van der Waals surface area contributed by atoms with Gasteiger partial charge >= 0.3 is 0 Å². The Balaban J connectivity index is 1.82. The number of nitrogens with one attached hydrogen (secondary N) is 1. The van der Waals surface area contributed by atoms with Crippen LogP contribution in [-0.2, 0) is 4.79 Å². The molecule has 1 fully saturated rings. The molecule has 0 aliphatic carbocycles. The summed E-state index contributed by atoms with van der Waals surface area (Å²) in [5.41, 5.74) is 0.532. The van der Waals surface area contributed by atoms with Crippen molar-refractivity contribution in [2.24, 2.45) is 0 Å². The topological polar surface area (TPSA) is 58.6 Å². The van der Waals surface area contributed by atoms with Crippen molar-refractivity contribution in [2.75, 3.05) is 26.2 Å². The number of carbonyl (C=O) groups excluding carboxylic acids is 2. The lowest BCUT2D eigenvalue weighted by atomic mass is 10.1. The largest absolute Gasteiger partial charge is 0.494 e. The highest BCUT2D eigenvalue weighted by Crippen LogP contribution is 2.12. The molecule has 5 heteroatoms. The van der Waals surface area contributed by atoms with E-state index >= 15 is 0 Å². The normalized spacial score (nSPS) is 14.6. The number of likely N-dealkylation sites (tertiary alicyclic amines) is 1. The van der Waals surface area contributed by atoms with Crippen LogP contribution in [0.15, 0.2) is 24.3 Å². The first-order valence-corrected chi connectivity index (χ1v) is 7.49. The molecule has 0 radical (unpaired) electrons. The van der Waals surface area contributed by atoms with Gasteiger partial charge < -0.3 is 15.0 Å². The van der Waals surface area contributed by atoms with E-state index in [1.807, 2.05) is 11.8 Å². The fraction of sp³-hybridized carbons (Fsp3) is 0.500. The maximum Gasteiger partial charge on any atom is 0.251 e. The van der Waals surface area contributed by atoms with Gasteiger partial charge in [-0.1, -0.05) is 0 Å². The SMILES string of the molecule is CCOc1ccc(C(=O)NCC(=O)N2CCCCC2)cc1. The summed E-state index contributed by atoms with van der Waals surface area (Å²) < 4.78 is 5.33. The summed E-state index contributed by atoms with van der Waals surface area (Å²) in [6.07, 6.45) is 3.29. The van der Waals surface area contributed by atoms with Crippen LogP contribution in [0.2, 0.25) is 0 Å². The van der Waals surface area contributed by atoms with Gasteiger partial charge in [0.05, 0.1) is 13.2 Å². The average Bonchev–Trinajstić information content (AvgIpc) is 2.54. The van der Waals surface area contributed by atoms with Gasteiger partial charge in [0.25, 0.3) is 5.91 Å². The summed E-state index contributed by atoms with van der Waals surface area (Å²) in [7, 11) is 0. The molecule has 21 heavy (non-hydrogen) atoms. The third-order valence-corrected chi connectivity index (χ3v) is 3.54. The maximum absolute atomic E-state index is 12.0. The molecule has 1 aromatic carbocycles. The number of rotatable bonds is 5. The van der Waals surface area contributed by atoms with Gasteiger partial charge in [0, 0.05) is 18.7 Å². The number of ether oxygens (including phenoxy) is 1. The fourth-order valence-electron chi connectivity index (χ4n) is 2.38. The minimum atomic E-state index is -0.233. The van der Waals surface area contributed by atoms with Gasteiger partial charge in [0.15, 0.2) is 0 Å². The van der Waals surface area contributed by atoms with Crippen molar-refractivity contribution in [3.63, 3.8) is 0 Å². The van der Waals surface area contributed by atoms with Crippen LogP contribution in [0.5, 0.6) is 5.75 Å². The standard InChI is InChI=1S/C16H22N2O3/c1-2-21-14-8-6-13(7-9-14)16(20)17-12-15(19)18-10-4-3-5-11-18/h6-9H,2-5,10-12H2,1H3,(H,17,20). The van der Waals surface area contributed by atoms with E-state index in [-0.39, 0.29) is 18.4 Å². The smallest absolute Gasteiger partial charge is 0.251 e. The lowest BCUT2D eigenvalue weighted by Gasteiger charge is -2.26. The van der Waals surface area contributed by atoms with Crippen molar-refractivity contribution in [3.05, 3.63) is 29.8 Å². The van der Waals surface area contributed by atoms with E-state index in [2.05, 4.69) is 5.32 Å². The molecule has 0 aromatic heterocycles. The molecule has 0 unspecified atom stereocenters. The van der Waals surface area contributed by atoms with E-state index in [9.17, 15) is 9.59 Å². The number of amides is 2. The lowest BCUT2D eigenvalue weighted by Crippen LogP contribution is -2.42. The van der Waals surface area contributed by atoms with E-state index in [0.29, 0.717) is 12.2 Å². The van der Waals surface area contributed by atoms with E-state index in [1.54, 1.807) is 24.3 Å². The number of carbonyl (C=O) groups is 2. The second-order valence-corrected chi connectivity index (χ2v) is 5.08. The van der Waals surface area contributed by atoms with Crippen LogP contribution in [-0.4, -0.2) is 43.0 Å². The summed E-state index contributed by atoms with van der Waals surface area (Å²) in [4.78, 5) is 25.8. The quantitative estimate of drug-likeness (QED) is 0.900. The third kappa shape index (κ3) is 4.48. The Kier molecular flexibility index (Phi) is 5.60. The van der Waals surface area contributed by atoms with Gasteiger partial charge in [-0.25, -0.2) is 0 Å². The highest BCUT2D eigenvalue weighted by Gasteiger charge is 2.17. The monoisotopic (exact) mass is 290 g/mol. The molecule has 1 aliphatic heterocycles. The summed E-state index contributed by atoms with van der Waals surface area (Å²) in [6.45, 7) is 4.17. The summed E-state index contributed by atoms with van der Waals surface area (Å²) in [5.74, 6) is 0.496. The Labute approximate surface area is 125 Å². The Bertz CT molecular complexity index is 479. The maximum atomic E-state index is 12.0. The van der Waals surface area contributed by atoms with E-state index < -0.39 is 0 Å². The average molecular weight is 290 g/mol. The first-order chi connectivity index (χ1) is 10.2. The molecule has 1 N–H and O–H groups in total. The molecule has 0 bridgehead atoms. The van der Waals surface area contributed by atoms with Crippen molar-refractivity contribution in [1.29, 1.82) is 0 Å². The van der Waals surface area contributed by atoms with Crippen LogP contribution in [0.25, 0.3) is 0 Å². The van der Waals surface area contributed by atoms with Gasteiger partial charge in [0.1, 0.15) is 5.75 Å².